The first-order chi connectivity index (χ1) is 8.45. The minimum absolute atomic E-state index is 0.161. The maximum Gasteiger partial charge on any atom is 0.329 e. The molecule has 0 saturated carbocycles. The predicted octanol–water partition coefficient (Wildman–Crippen LogP) is 0.117. The Kier molecular flexibility index (Phi) is 2.88. The molecule has 94 valence electrons. The van der Waals surface area contributed by atoms with Crippen LogP contribution >= 0.6 is 0 Å². The van der Waals surface area contributed by atoms with E-state index in [1.807, 2.05) is 0 Å². The van der Waals surface area contributed by atoms with Crippen LogP contribution in [-0.4, -0.2) is 45.0 Å². The van der Waals surface area contributed by atoms with E-state index in [0.29, 0.717) is 4.90 Å². The number of hydrogen-bond acceptors (Lipinski definition) is 4. The van der Waals surface area contributed by atoms with Gasteiger partial charge in [0.05, 0.1) is 17.2 Å². The van der Waals surface area contributed by atoms with Crippen LogP contribution in [0.25, 0.3) is 0 Å². The molecule has 0 fully saturated rings. The minimum atomic E-state index is -1.57. The summed E-state index contributed by atoms with van der Waals surface area (Å²) in [6.07, 6.45) is -1.34. The van der Waals surface area contributed by atoms with E-state index in [1.165, 1.54) is 19.1 Å². The molecule has 1 aromatic carbocycles. The summed E-state index contributed by atoms with van der Waals surface area (Å²) < 4.78 is 0. The fourth-order valence-electron chi connectivity index (χ4n) is 1.99. The molecule has 1 aromatic rings. The van der Waals surface area contributed by atoms with Gasteiger partial charge in [-0.05, 0) is 19.1 Å². The normalized spacial score (nSPS) is 17.6. The molecule has 2 amide bonds. The summed E-state index contributed by atoms with van der Waals surface area (Å²) in [5.74, 6) is -2.80. The molecular weight excluding hydrogens is 238 g/mol. The van der Waals surface area contributed by atoms with Crippen molar-refractivity contribution in [1.29, 1.82) is 0 Å². The fourth-order valence-corrected chi connectivity index (χ4v) is 1.99. The first-order valence-corrected chi connectivity index (χ1v) is 5.33. The van der Waals surface area contributed by atoms with Crippen LogP contribution in [0.4, 0.5) is 0 Å². The Morgan fingerprint density at radius 2 is 1.61 bits per heavy atom. The Hall–Kier alpha value is -2.21. The second kappa shape index (κ2) is 4.23. The topological polar surface area (TPSA) is 94.9 Å². The lowest BCUT2D eigenvalue weighted by Crippen LogP contribution is -2.50. The predicted molar refractivity (Wildman–Crippen MR) is 60.0 cm³/mol. The van der Waals surface area contributed by atoms with Crippen LogP contribution in [0, 0.1) is 0 Å². The number of amides is 2. The van der Waals surface area contributed by atoms with Gasteiger partial charge in [-0.25, -0.2) is 4.79 Å². The average Bonchev–Trinajstić information content (AvgIpc) is 2.55. The number of carboxylic acid groups (broad SMARTS) is 1. The van der Waals surface area contributed by atoms with Gasteiger partial charge in [-0.2, -0.15) is 0 Å². The van der Waals surface area contributed by atoms with Crippen molar-refractivity contribution in [1.82, 2.24) is 4.90 Å². The van der Waals surface area contributed by atoms with Crippen molar-refractivity contribution in [2.75, 3.05) is 0 Å². The Bertz CT molecular complexity index is 502. The first-order valence-electron chi connectivity index (χ1n) is 5.33. The Balaban J connectivity index is 2.47. The maximum atomic E-state index is 12.0. The van der Waals surface area contributed by atoms with Crippen LogP contribution < -0.4 is 0 Å². The lowest BCUT2D eigenvalue weighted by atomic mass is 10.1. The molecule has 0 bridgehead atoms. The number of hydrogen-bond donors (Lipinski definition) is 2. The minimum Gasteiger partial charge on any atom is -0.480 e. The van der Waals surface area contributed by atoms with Gasteiger partial charge >= 0.3 is 5.97 Å². The summed E-state index contributed by atoms with van der Waals surface area (Å²) >= 11 is 0. The summed E-state index contributed by atoms with van der Waals surface area (Å²) in [7, 11) is 0. The largest absolute Gasteiger partial charge is 0.480 e. The smallest absolute Gasteiger partial charge is 0.329 e. The van der Waals surface area contributed by atoms with E-state index in [2.05, 4.69) is 0 Å². The van der Waals surface area contributed by atoms with Crippen LogP contribution in [-0.2, 0) is 4.79 Å². The van der Waals surface area contributed by atoms with Gasteiger partial charge in [-0.3, -0.25) is 14.5 Å². The lowest BCUT2D eigenvalue weighted by molar-refractivity contribution is -0.145. The Labute approximate surface area is 102 Å². The highest BCUT2D eigenvalue weighted by atomic mass is 16.4. The first kappa shape index (κ1) is 12.3. The van der Waals surface area contributed by atoms with E-state index >= 15 is 0 Å². The van der Waals surface area contributed by atoms with Gasteiger partial charge in [0.25, 0.3) is 11.8 Å². The van der Waals surface area contributed by atoms with Crippen LogP contribution in [0.15, 0.2) is 24.3 Å². The third-order valence-electron chi connectivity index (χ3n) is 2.81. The number of carbonyl (C=O) groups excluding carboxylic acids is 2. The molecular formula is C12H11NO5. The van der Waals surface area contributed by atoms with Gasteiger partial charge < -0.3 is 10.2 Å². The molecule has 6 heteroatoms. The number of aliphatic hydroxyl groups is 1. The standard InChI is InChI=1S/C12H11NO5/c1-6(14)9(12(17)18)13-10(15)7-4-2-3-5-8(7)11(13)16/h2-6,9,14H,1H3,(H,17,18)/t6-,9-/m0/s1. The monoisotopic (exact) mass is 249 g/mol. The van der Waals surface area contributed by atoms with Gasteiger partial charge in [0.1, 0.15) is 0 Å². The highest BCUT2D eigenvalue weighted by Crippen LogP contribution is 2.25. The molecule has 2 rings (SSSR count). The Morgan fingerprint density at radius 3 is 1.94 bits per heavy atom. The van der Waals surface area contributed by atoms with Crippen molar-refractivity contribution in [2.24, 2.45) is 0 Å². The number of carbonyl (C=O) groups is 3. The van der Waals surface area contributed by atoms with Crippen molar-refractivity contribution >= 4 is 17.8 Å². The van der Waals surface area contributed by atoms with Crippen LogP contribution in [0.1, 0.15) is 27.6 Å². The van der Waals surface area contributed by atoms with Crippen LogP contribution in [0.2, 0.25) is 0 Å². The molecule has 1 heterocycles. The number of rotatable bonds is 3. The van der Waals surface area contributed by atoms with E-state index in [-0.39, 0.29) is 11.1 Å². The summed E-state index contributed by atoms with van der Waals surface area (Å²) in [6, 6.07) is 4.52. The molecule has 0 unspecified atom stereocenters. The molecule has 0 spiro atoms. The van der Waals surface area contributed by atoms with E-state index in [0.717, 1.165) is 0 Å². The van der Waals surface area contributed by atoms with Crippen molar-refractivity contribution in [3.63, 3.8) is 0 Å². The summed E-state index contributed by atoms with van der Waals surface area (Å²) in [5, 5.41) is 18.4. The molecule has 0 aliphatic carbocycles. The van der Waals surface area contributed by atoms with E-state index in [9.17, 15) is 19.5 Å². The third-order valence-corrected chi connectivity index (χ3v) is 2.81. The van der Waals surface area contributed by atoms with Crippen molar-refractivity contribution in [2.45, 2.75) is 19.1 Å². The van der Waals surface area contributed by atoms with Gasteiger partial charge in [0.15, 0.2) is 6.04 Å². The summed E-state index contributed by atoms with van der Waals surface area (Å²) in [6.45, 7) is 1.22. The average molecular weight is 249 g/mol. The quantitative estimate of drug-likeness (QED) is 0.742. The molecule has 1 aliphatic heterocycles. The van der Waals surface area contributed by atoms with Crippen molar-refractivity contribution in [3.05, 3.63) is 35.4 Å². The fraction of sp³-hybridized carbons (Fsp3) is 0.250. The maximum absolute atomic E-state index is 12.0. The number of benzene rings is 1. The molecule has 18 heavy (non-hydrogen) atoms. The zero-order valence-electron chi connectivity index (χ0n) is 9.53. The lowest BCUT2D eigenvalue weighted by Gasteiger charge is -2.24. The van der Waals surface area contributed by atoms with Crippen molar-refractivity contribution in [3.8, 4) is 0 Å². The Morgan fingerprint density at radius 1 is 1.17 bits per heavy atom. The van der Waals surface area contributed by atoms with Crippen LogP contribution in [0.3, 0.4) is 0 Å². The SMILES string of the molecule is C[C@H](O)[C@@H](C(=O)O)N1C(=O)c2ccccc2C1=O. The van der Waals surface area contributed by atoms with Crippen molar-refractivity contribution < 1.29 is 24.6 Å². The van der Waals surface area contributed by atoms with Crippen LogP contribution in [0.5, 0.6) is 0 Å². The number of imide groups is 1. The van der Waals surface area contributed by atoms with Gasteiger partial charge in [0.2, 0.25) is 0 Å². The highest BCUT2D eigenvalue weighted by Gasteiger charge is 2.44. The molecule has 1 aliphatic rings. The molecule has 0 aromatic heterocycles. The molecule has 2 N–H and O–H groups in total. The third kappa shape index (κ3) is 1.67. The van der Waals surface area contributed by atoms with E-state index < -0.39 is 29.9 Å². The highest BCUT2D eigenvalue weighted by molar-refractivity contribution is 6.22. The second-order valence-electron chi connectivity index (χ2n) is 4.05. The number of aliphatic carboxylic acids is 1. The number of carboxylic acids is 1. The zero-order chi connectivity index (χ0) is 13.4. The van der Waals surface area contributed by atoms with Gasteiger partial charge in [-0.15, -0.1) is 0 Å². The van der Waals surface area contributed by atoms with E-state index in [4.69, 9.17) is 5.11 Å². The molecule has 2 atom stereocenters. The summed E-state index contributed by atoms with van der Waals surface area (Å²) in [5.41, 5.74) is 0.323. The zero-order valence-corrected chi connectivity index (χ0v) is 9.53. The second-order valence-corrected chi connectivity index (χ2v) is 4.05. The molecule has 0 saturated heterocycles. The molecule has 6 nitrogen and oxygen atoms in total. The van der Waals surface area contributed by atoms with E-state index in [1.54, 1.807) is 12.1 Å². The number of nitrogens with zero attached hydrogens (tertiary/aromatic N) is 1. The number of aliphatic hydroxyl groups excluding tert-OH is 1. The van der Waals surface area contributed by atoms with Gasteiger partial charge in [0, 0.05) is 0 Å². The number of fused-ring (bicyclic) bond motifs is 1. The summed E-state index contributed by atoms with van der Waals surface area (Å²) in [4.78, 5) is 35.6. The van der Waals surface area contributed by atoms with Gasteiger partial charge in [-0.1, -0.05) is 12.1 Å². The molecule has 0 radical (unpaired) electrons.